The maximum absolute atomic E-state index is 11.8. The summed E-state index contributed by atoms with van der Waals surface area (Å²) in [5.74, 6) is 0.901. The van der Waals surface area contributed by atoms with Gasteiger partial charge in [0.25, 0.3) is 0 Å². The molecule has 0 radical (unpaired) electrons. The highest BCUT2D eigenvalue weighted by Gasteiger charge is 2.52. The highest BCUT2D eigenvalue weighted by molar-refractivity contribution is 5.77. The summed E-state index contributed by atoms with van der Waals surface area (Å²) in [6, 6.07) is 0. The number of nitrogens with one attached hydrogen (secondary N) is 1. The van der Waals surface area contributed by atoms with Crippen molar-refractivity contribution in [3.8, 4) is 0 Å². The van der Waals surface area contributed by atoms with Crippen molar-refractivity contribution in [1.29, 1.82) is 0 Å². The molecule has 0 aromatic heterocycles. The van der Waals surface area contributed by atoms with Crippen molar-refractivity contribution in [2.24, 2.45) is 11.8 Å². The summed E-state index contributed by atoms with van der Waals surface area (Å²) >= 11 is 0. The average molecular weight is 239 g/mol. The van der Waals surface area contributed by atoms with Gasteiger partial charge in [0.05, 0.1) is 0 Å². The topological polar surface area (TPSA) is 55.4 Å². The van der Waals surface area contributed by atoms with Crippen molar-refractivity contribution in [3.63, 3.8) is 0 Å². The lowest BCUT2D eigenvalue weighted by Crippen LogP contribution is -2.54. The Bertz CT molecular complexity index is 334. The lowest BCUT2D eigenvalue weighted by Gasteiger charge is -2.34. The highest BCUT2D eigenvalue weighted by Crippen LogP contribution is 2.49. The fraction of sp³-hybridized carbons (Fsp3) is 0.846. The number of carbonyl (C=O) groups is 2. The van der Waals surface area contributed by atoms with Gasteiger partial charge in [-0.1, -0.05) is 0 Å². The van der Waals surface area contributed by atoms with Gasteiger partial charge in [0.2, 0.25) is 0 Å². The zero-order valence-electron chi connectivity index (χ0n) is 10.8. The largest absolute Gasteiger partial charge is 0.444 e. The van der Waals surface area contributed by atoms with E-state index in [1.807, 2.05) is 20.8 Å². The van der Waals surface area contributed by atoms with Gasteiger partial charge >= 0.3 is 6.09 Å². The number of rotatable bonds is 2. The molecule has 3 atom stereocenters. The quantitative estimate of drug-likeness (QED) is 0.752. The predicted octanol–water partition coefficient (Wildman–Crippen LogP) is 2.27. The van der Waals surface area contributed by atoms with Crippen LogP contribution < -0.4 is 5.32 Å². The summed E-state index contributed by atoms with van der Waals surface area (Å²) < 4.78 is 5.23. The smallest absolute Gasteiger partial charge is 0.408 e. The molecule has 0 aromatic rings. The van der Waals surface area contributed by atoms with Gasteiger partial charge in [0, 0.05) is 0 Å². The van der Waals surface area contributed by atoms with E-state index in [-0.39, 0.29) is 0 Å². The van der Waals surface area contributed by atoms with E-state index in [0.29, 0.717) is 11.8 Å². The number of amides is 1. The second-order valence-electron chi connectivity index (χ2n) is 6.37. The lowest BCUT2D eigenvalue weighted by molar-refractivity contribution is -0.115. The molecule has 3 unspecified atom stereocenters. The van der Waals surface area contributed by atoms with Crippen LogP contribution >= 0.6 is 0 Å². The van der Waals surface area contributed by atoms with E-state index in [4.69, 9.17) is 4.74 Å². The van der Waals surface area contributed by atoms with Crippen LogP contribution in [0.4, 0.5) is 4.79 Å². The van der Waals surface area contributed by atoms with Gasteiger partial charge in [-0.05, 0) is 58.3 Å². The summed E-state index contributed by atoms with van der Waals surface area (Å²) in [6.07, 6.45) is 4.52. The molecule has 1 N–H and O–H groups in total. The van der Waals surface area contributed by atoms with Crippen LogP contribution in [0.3, 0.4) is 0 Å². The van der Waals surface area contributed by atoms with E-state index in [9.17, 15) is 9.59 Å². The zero-order valence-corrected chi connectivity index (χ0v) is 10.8. The van der Waals surface area contributed by atoms with Crippen LogP contribution in [0, 0.1) is 11.8 Å². The van der Waals surface area contributed by atoms with Crippen molar-refractivity contribution < 1.29 is 14.3 Å². The van der Waals surface area contributed by atoms with E-state index in [2.05, 4.69) is 5.32 Å². The number of carbonyl (C=O) groups excluding carboxylic acids is 2. The van der Waals surface area contributed by atoms with Crippen molar-refractivity contribution >= 4 is 12.4 Å². The molecule has 96 valence electrons. The van der Waals surface area contributed by atoms with Crippen LogP contribution in [0.5, 0.6) is 0 Å². The highest BCUT2D eigenvalue weighted by atomic mass is 16.6. The minimum absolute atomic E-state index is 0.303. The number of fused-ring (bicyclic) bond motifs is 2. The molecule has 0 heterocycles. The van der Waals surface area contributed by atoms with Gasteiger partial charge in [0.15, 0.2) is 0 Å². The van der Waals surface area contributed by atoms with Crippen molar-refractivity contribution in [2.45, 2.75) is 57.6 Å². The van der Waals surface area contributed by atoms with Gasteiger partial charge in [0.1, 0.15) is 17.4 Å². The molecule has 2 saturated carbocycles. The molecular weight excluding hydrogens is 218 g/mol. The minimum atomic E-state index is -0.661. The summed E-state index contributed by atoms with van der Waals surface area (Å²) in [4.78, 5) is 23.1. The number of hydrogen-bond donors (Lipinski definition) is 1. The molecule has 4 heteroatoms. The molecule has 2 aliphatic carbocycles. The molecule has 2 aliphatic rings. The van der Waals surface area contributed by atoms with E-state index in [1.54, 1.807) is 0 Å². The summed E-state index contributed by atoms with van der Waals surface area (Å²) in [6.45, 7) is 5.46. The number of ether oxygens (including phenoxy) is 1. The Balaban J connectivity index is 2.01. The maximum atomic E-state index is 11.8. The molecule has 17 heavy (non-hydrogen) atoms. The van der Waals surface area contributed by atoms with Crippen molar-refractivity contribution in [1.82, 2.24) is 5.32 Å². The van der Waals surface area contributed by atoms with Gasteiger partial charge in [-0.2, -0.15) is 0 Å². The Morgan fingerprint density at radius 2 is 2.12 bits per heavy atom. The standard InChI is InChI=1S/C13H21NO3/c1-12(2,3)17-11(16)14-13(8-15)7-9-4-5-10(13)6-9/h8-10H,4-7H2,1-3H3,(H,14,16). The summed E-state index contributed by atoms with van der Waals surface area (Å²) in [5.41, 5.74) is -1.18. The lowest BCUT2D eigenvalue weighted by atomic mass is 9.82. The first-order valence-electron chi connectivity index (χ1n) is 6.32. The zero-order chi connectivity index (χ0) is 12.7. The van der Waals surface area contributed by atoms with Crippen LogP contribution in [0.25, 0.3) is 0 Å². The molecule has 0 spiro atoms. The predicted molar refractivity (Wildman–Crippen MR) is 63.6 cm³/mol. The molecule has 0 saturated heterocycles. The molecule has 4 nitrogen and oxygen atoms in total. The first-order chi connectivity index (χ1) is 7.85. The monoisotopic (exact) mass is 239 g/mol. The average Bonchev–Trinajstić information content (AvgIpc) is 2.74. The third kappa shape index (κ3) is 2.45. The SMILES string of the molecule is CC(C)(C)OC(=O)NC1(C=O)CC2CCC1C2. The Kier molecular flexibility index (Phi) is 2.92. The van der Waals surface area contributed by atoms with E-state index in [0.717, 1.165) is 25.5 Å². The normalized spacial score (nSPS) is 35.7. The Labute approximate surface area is 102 Å². The molecule has 1 amide bonds. The van der Waals surface area contributed by atoms with Crippen LogP contribution in [-0.2, 0) is 9.53 Å². The first-order valence-corrected chi connectivity index (χ1v) is 6.32. The Morgan fingerprint density at radius 1 is 1.41 bits per heavy atom. The van der Waals surface area contributed by atoms with Crippen LogP contribution in [0.2, 0.25) is 0 Å². The molecule has 0 aromatic carbocycles. The van der Waals surface area contributed by atoms with Crippen LogP contribution in [-0.4, -0.2) is 23.5 Å². The van der Waals surface area contributed by atoms with E-state index in [1.165, 1.54) is 6.42 Å². The Morgan fingerprint density at radius 3 is 2.53 bits per heavy atom. The van der Waals surface area contributed by atoms with Gasteiger partial charge in [-0.25, -0.2) is 4.79 Å². The van der Waals surface area contributed by atoms with Gasteiger partial charge < -0.3 is 14.8 Å². The molecule has 0 aliphatic heterocycles. The second kappa shape index (κ2) is 4.00. The third-order valence-corrected chi connectivity index (χ3v) is 3.84. The molecule has 2 bridgehead atoms. The number of alkyl carbamates (subject to hydrolysis) is 1. The third-order valence-electron chi connectivity index (χ3n) is 3.84. The number of hydrogen-bond acceptors (Lipinski definition) is 3. The van der Waals surface area contributed by atoms with E-state index < -0.39 is 17.2 Å². The maximum Gasteiger partial charge on any atom is 0.408 e. The van der Waals surface area contributed by atoms with Crippen LogP contribution in [0.15, 0.2) is 0 Å². The van der Waals surface area contributed by atoms with Crippen molar-refractivity contribution in [3.05, 3.63) is 0 Å². The van der Waals surface area contributed by atoms with Gasteiger partial charge in [-0.15, -0.1) is 0 Å². The number of aldehydes is 1. The van der Waals surface area contributed by atoms with Gasteiger partial charge in [-0.3, -0.25) is 0 Å². The Hall–Kier alpha value is -1.06. The summed E-state index contributed by atoms with van der Waals surface area (Å²) in [5, 5.41) is 2.80. The fourth-order valence-electron chi connectivity index (χ4n) is 3.19. The second-order valence-corrected chi connectivity index (χ2v) is 6.37. The first kappa shape index (κ1) is 12.4. The van der Waals surface area contributed by atoms with Crippen LogP contribution in [0.1, 0.15) is 46.5 Å². The molecule has 2 fully saturated rings. The molecule has 2 rings (SSSR count). The summed E-state index contributed by atoms with van der Waals surface area (Å²) in [7, 11) is 0. The minimum Gasteiger partial charge on any atom is -0.444 e. The molecular formula is C13H21NO3. The fourth-order valence-corrected chi connectivity index (χ4v) is 3.19. The van der Waals surface area contributed by atoms with Crippen molar-refractivity contribution in [2.75, 3.05) is 0 Å². The van der Waals surface area contributed by atoms with E-state index >= 15 is 0 Å².